The molecule has 0 aliphatic carbocycles. The molecular weight excluding hydrogens is 287 g/mol. The second kappa shape index (κ2) is 6.47. The monoisotopic (exact) mass is 304 g/mol. The molecule has 0 N–H and O–H groups in total. The van der Waals surface area contributed by atoms with E-state index in [2.05, 4.69) is 0 Å². The number of hydrogen-bond donors (Lipinski definition) is 0. The molecule has 0 fully saturated rings. The molecule has 2 aromatic rings. The molecule has 0 amide bonds. The maximum atomic E-state index is 13.3. The molecule has 0 aliphatic heterocycles. The Kier molecular flexibility index (Phi) is 4.65. The predicted molar refractivity (Wildman–Crippen MR) is 80.7 cm³/mol. The van der Waals surface area contributed by atoms with Crippen molar-refractivity contribution >= 4 is 5.78 Å². The summed E-state index contributed by atoms with van der Waals surface area (Å²) in [6, 6.07) is 7.39. The highest BCUT2D eigenvalue weighted by atomic mass is 19.1. The highest BCUT2D eigenvalue weighted by molar-refractivity contribution is 6.09. The summed E-state index contributed by atoms with van der Waals surface area (Å²) in [6.07, 6.45) is 0. The summed E-state index contributed by atoms with van der Waals surface area (Å²) in [5.74, 6) is 0.605. The van der Waals surface area contributed by atoms with Crippen molar-refractivity contribution in [1.29, 1.82) is 0 Å². The minimum absolute atomic E-state index is 0.248. The number of carbonyl (C=O) groups is 1. The van der Waals surface area contributed by atoms with Gasteiger partial charge in [0.2, 0.25) is 5.75 Å². The zero-order chi connectivity index (χ0) is 16.3. The van der Waals surface area contributed by atoms with Gasteiger partial charge in [0.1, 0.15) is 5.82 Å². The number of aryl methyl sites for hydroxylation is 1. The van der Waals surface area contributed by atoms with Gasteiger partial charge in [0.25, 0.3) is 0 Å². The van der Waals surface area contributed by atoms with Crippen LogP contribution in [0.1, 0.15) is 21.5 Å². The Morgan fingerprint density at radius 2 is 1.50 bits per heavy atom. The van der Waals surface area contributed by atoms with Crippen molar-refractivity contribution in [3.63, 3.8) is 0 Å². The number of ether oxygens (including phenoxy) is 3. The Hall–Kier alpha value is -2.56. The molecule has 0 saturated carbocycles. The largest absolute Gasteiger partial charge is 0.493 e. The smallest absolute Gasteiger partial charge is 0.203 e. The topological polar surface area (TPSA) is 44.8 Å². The summed E-state index contributed by atoms with van der Waals surface area (Å²) in [4.78, 5) is 12.6. The number of hydrogen-bond acceptors (Lipinski definition) is 4. The third kappa shape index (κ3) is 2.88. The van der Waals surface area contributed by atoms with Gasteiger partial charge in [0, 0.05) is 11.1 Å². The summed E-state index contributed by atoms with van der Waals surface area (Å²) < 4.78 is 29.0. The molecule has 116 valence electrons. The Balaban J connectivity index is 2.51. The number of methoxy groups -OCH3 is 3. The van der Waals surface area contributed by atoms with E-state index < -0.39 is 0 Å². The third-order valence-corrected chi connectivity index (χ3v) is 3.35. The molecule has 0 aromatic heterocycles. The molecule has 22 heavy (non-hydrogen) atoms. The van der Waals surface area contributed by atoms with Gasteiger partial charge in [-0.05, 0) is 42.8 Å². The lowest BCUT2D eigenvalue weighted by molar-refractivity contribution is 0.103. The summed E-state index contributed by atoms with van der Waals surface area (Å²) in [7, 11) is 4.45. The minimum Gasteiger partial charge on any atom is -0.493 e. The minimum atomic E-state index is -0.346. The molecule has 0 radical (unpaired) electrons. The highest BCUT2D eigenvalue weighted by Crippen LogP contribution is 2.38. The van der Waals surface area contributed by atoms with Gasteiger partial charge in [-0.15, -0.1) is 0 Å². The fourth-order valence-corrected chi connectivity index (χ4v) is 2.16. The SMILES string of the molecule is COc1cc(C(=O)c2ccc(F)c(C)c2)cc(OC)c1OC. The van der Waals surface area contributed by atoms with Crippen LogP contribution in [0, 0.1) is 12.7 Å². The van der Waals surface area contributed by atoms with Crippen molar-refractivity contribution in [3.8, 4) is 17.2 Å². The zero-order valence-electron chi connectivity index (χ0n) is 12.9. The quantitative estimate of drug-likeness (QED) is 0.794. The Morgan fingerprint density at radius 3 is 1.95 bits per heavy atom. The Labute approximate surface area is 128 Å². The summed E-state index contributed by atoms with van der Waals surface area (Å²) in [5.41, 5.74) is 1.19. The van der Waals surface area contributed by atoms with Crippen molar-refractivity contribution in [2.45, 2.75) is 6.92 Å². The van der Waals surface area contributed by atoms with E-state index in [-0.39, 0.29) is 11.6 Å². The van der Waals surface area contributed by atoms with Crippen LogP contribution in [0.5, 0.6) is 17.2 Å². The van der Waals surface area contributed by atoms with Crippen LogP contribution < -0.4 is 14.2 Å². The zero-order valence-corrected chi connectivity index (χ0v) is 12.9. The highest BCUT2D eigenvalue weighted by Gasteiger charge is 2.18. The van der Waals surface area contributed by atoms with Gasteiger partial charge in [-0.2, -0.15) is 0 Å². The van der Waals surface area contributed by atoms with Crippen LogP contribution >= 0.6 is 0 Å². The number of carbonyl (C=O) groups excluding carboxylic acids is 1. The van der Waals surface area contributed by atoms with Gasteiger partial charge in [-0.3, -0.25) is 4.79 Å². The molecule has 2 rings (SSSR count). The molecule has 5 heteroatoms. The number of benzene rings is 2. The summed E-state index contributed by atoms with van der Waals surface area (Å²) in [5, 5.41) is 0. The van der Waals surface area contributed by atoms with Crippen LogP contribution in [0.2, 0.25) is 0 Å². The van der Waals surface area contributed by atoms with E-state index in [1.165, 1.54) is 39.5 Å². The van der Waals surface area contributed by atoms with E-state index in [4.69, 9.17) is 14.2 Å². The van der Waals surface area contributed by atoms with Crippen molar-refractivity contribution in [3.05, 3.63) is 52.8 Å². The summed E-state index contributed by atoms with van der Waals surface area (Å²) in [6.45, 7) is 1.61. The first-order chi connectivity index (χ1) is 10.5. The predicted octanol–water partition coefficient (Wildman–Crippen LogP) is 3.39. The fraction of sp³-hybridized carbons (Fsp3) is 0.235. The van der Waals surface area contributed by atoms with Crippen LogP contribution in [0.3, 0.4) is 0 Å². The summed E-state index contributed by atoms with van der Waals surface area (Å²) >= 11 is 0. The van der Waals surface area contributed by atoms with Crippen molar-refractivity contribution in [2.75, 3.05) is 21.3 Å². The molecular formula is C17H17FO4. The average Bonchev–Trinajstić information content (AvgIpc) is 2.55. The maximum Gasteiger partial charge on any atom is 0.203 e. The van der Waals surface area contributed by atoms with Crippen LogP contribution in [0.4, 0.5) is 4.39 Å². The second-order valence-electron chi connectivity index (χ2n) is 4.71. The van der Waals surface area contributed by atoms with E-state index >= 15 is 0 Å². The van der Waals surface area contributed by atoms with Crippen LogP contribution in [-0.2, 0) is 0 Å². The normalized spacial score (nSPS) is 10.2. The van der Waals surface area contributed by atoms with Gasteiger partial charge < -0.3 is 14.2 Å². The molecule has 0 aliphatic rings. The second-order valence-corrected chi connectivity index (χ2v) is 4.71. The van der Waals surface area contributed by atoms with E-state index in [0.29, 0.717) is 33.9 Å². The average molecular weight is 304 g/mol. The van der Waals surface area contributed by atoms with E-state index in [9.17, 15) is 9.18 Å². The van der Waals surface area contributed by atoms with Crippen LogP contribution in [-0.4, -0.2) is 27.1 Å². The lowest BCUT2D eigenvalue weighted by Crippen LogP contribution is -2.05. The Morgan fingerprint density at radius 1 is 0.909 bits per heavy atom. The lowest BCUT2D eigenvalue weighted by atomic mass is 10.0. The van der Waals surface area contributed by atoms with Crippen LogP contribution in [0.25, 0.3) is 0 Å². The van der Waals surface area contributed by atoms with Crippen molar-refractivity contribution in [1.82, 2.24) is 0 Å². The Bertz CT molecular complexity index is 685. The standard InChI is InChI=1S/C17H17FO4/c1-10-7-11(5-6-13(10)18)16(19)12-8-14(20-2)17(22-4)15(9-12)21-3/h5-9H,1-4H3. The number of halogens is 1. The first kappa shape index (κ1) is 15.8. The van der Waals surface area contributed by atoms with E-state index in [1.54, 1.807) is 19.1 Å². The molecule has 0 heterocycles. The number of rotatable bonds is 5. The number of ketones is 1. The maximum absolute atomic E-state index is 13.3. The molecule has 0 saturated heterocycles. The molecule has 4 nitrogen and oxygen atoms in total. The molecule has 0 unspecified atom stereocenters. The molecule has 0 atom stereocenters. The van der Waals surface area contributed by atoms with Crippen LogP contribution in [0.15, 0.2) is 30.3 Å². The van der Waals surface area contributed by atoms with Gasteiger partial charge in [-0.25, -0.2) is 4.39 Å². The van der Waals surface area contributed by atoms with Crippen molar-refractivity contribution in [2.24, 2.45) is 0 Å². The van der Waals surface area contributed by atoms with Gasteiger partial charge in [-0.1, -0.05) is 0 Å². The molecule has 0 spiro atoms. The van der Waals surface area contributed by atoms with E-state index in [1.807, 2.05) is 0 Å². The fourth-order valence-electron chi connectivity index (χ4n) is 2.16. The van der Waals surface area contributed by atoms with Gasteiger partial charge >= 0.3 is 0 Å². The molecule has 0 bridgehead atoms. The molecule has 2 aromatic carbocycles. The lowest BCUT2D eigenvalue weighted by Gasteiger charge is -2.13. The van der Waals surface area contributed by atoms with Gasteiger partial charge in [0.05, 0.1) is 21.3 Å². The van der Waals surface area contributed by atoms with E-state index in [0.717, 1.165) is 0 Å². The third-order valence-electron chi connectivity index (χ3n) is 3.35. The van der Waals surface area contributed by atoms with Crippen molar-refractivity contribution < 1.29 is 23.4 Å². The van der Waals surface area contributed by atoms with Gasteiger partial charge in [0.15, 0.2) is 17.3 Å². The first-order valence-electron chi connectivity index (χ1n) is 6.62. The first-order valence-corrected chi connectivity index (χ1v) is 6.62.